The van der Waals surface area contributed by atoms with Gasteiger partial charge in [-0.25, -0.2) is 4.98 Å². The van der Waals surface area contributed by atoms with Crippen LogP contribution in [0.15, 0.2) is 47.8 Å². The van der Waals surface area contributed by atoms with Crippen molar-refractivity contribution >= 4 is 17.6 Å². The summed E-state index contributed by atoms with van der Waals surface area (Å²) >= 11 is 1.75. The van der Waals surface area contributed by atoms with E-state index in [1.165, 1.54) is 18.4 Å². The first kappa shape index (κ1) is 15.0. The van der Waals surface area contributed by atoms with E-state index in [4.69, 9.17) is 9.72 Å². The van der Waals surface area contributed by atoms with Crippen LogP contribution < -0.4 is 4.90 Å². The lowest BCUT2D eigenvalue weighted by molar-refractivity contribution is 0.160. The summed E-state index contributed by atoms with van der Waals surface area (Å²) in [5.41, 5.74) is 1.67. The van der Waals surface area contributed by atoms with Crippen LogP contribution in [-0.4, -0.2) is 36.3 Å². The lowest BCUT2D eigenvalue weighted by atomic mass is 9.87. The summed E-state index contributed by atoms with van der Waals surface area (Å²) in [4.78, 5) is 11.6. The summed E-state index contributed by atoms with van der Waals surface area (Å²) in [6.45, 7) is 3.92. The lowest BCUT2D eigenvalue weighted by Gasteiger charge is -2.22. The maximum Gasteiger partial charge on any atom is 0.148 e. The Bertz CT molecular complexity index is 658. The minimum atomic E-state index is 0.356. The maximum absolute atomic E-state index is 5.61. The fourth-order valence-corrected chi connectivity index (χ4v) is 4.19. The molecule has 1 atom stereocenters. The monoisotopic (exact) mass is 327 g/mol. The first-order valence-corrected chi connectivity index (χ1v) is 9.13. The summed E-state index contributed by atoms with van der Waals surface area (Å²) < 4.78 is 5.61. The Morgan fingerprint density at radius 2 is 2.09 bits per heavy atom. The third-order valence-electron chi connectivity index (χ3n) is 4.78. The average molecular weight is 327 g/mol. The zero-order chi connectivity index (χ0) is 15.5. The predicted molar refractivity (Wildman–Crippen MR) is 92.7 cm³/mol. The van der Waals surface area contributed by atoms with Crippen LogP contribution in [0.5, 0.6) is 0 Å². The van der Waals surface area contributed by atoms with Crippen LogP contribution in [0.4, 0.5) is 5.82 Å². The normalized spacial score (nSPS) is 23.7. The minimum absolute atomic E-state index is 0.356. The molecule has 2 aromatic rings. The highest BCUT2D eigenvalue weighted by Crippen LogP contribution is 2.39. The van der Waals surface area contributed by atoms with Crippen LogP contribution >= 0.6 is 11.8 Å². The van der Waals surface area contributed by atoms with Gasteiger partial charge in [0.25, 0.3) is 0 Å². The molecule has 0 N–H and O–H groups in total. The number of rotatable bonds is 4. The minimum Gasteiger partial charge on any atom is -0.381 e. The van der Waals surface area contributed by atoms with Gasteiger partial charge in [0.2, 0.25) is 0 Å². The molecule has 3 heterocycles. The molecule has 5 heteroatoms. The van der Waals surface area contributed by atoms with E-state index >= 15 is 0 Å². The van der Waals surface area contributed by atoms with E-state index in [1.807, 2.05) is 18.5 Å². The van der Waals surface area contributed by atoms with Crippen molar-refractivity contribution in [3.8, 4) is 0 Å². The molecule has 2 aliphatic heterocycles. The molecule has 0 bridgehead atoms. The van der Waals surface area contributed by atoms with Crippen molar-refractivity contribution in [3.05, 3.63) is 48.3 Å². The zero-order valence-electron chi connectivity index (χ0n) is 13.1. The fourth-order valence-electron chi connectivity index (χ4n) is 3.39. The lowest BCUT2D eigenvalue weighted by Crippen LogP contribution is -2.28. The summed E-state index contributed by atoms with van der Waals surface area (Å²) in [5, 5.41) is 0.995. The topological polar surface area (TPSA) is 38.2 Å². The number of thioether (sulfide) groups is 1. The van der Waals surface area contributed by atoms with Gasteiger partial charge in [0, 0.05) is 30.9 Å². The van der Waals surface area contributed by atoms with Gasteiger partial charge >= 0.3 is 0 Å². The third-order valence-corrected chi connectivity index (χ3v) is 5.75. The van der Waals surface area contributed by atoms with Gasteiger partial charge in [0.05, 0.1) is 19.0 Å². The highest BCUT2D eigenvalue weighted by atomic mass is 32.2. The molecule has 4 nitrogen and oxygen atoms in total. The van der Waals surface area contributed by atoms with Crippen LogP contribution in [0.3, 0.4) is 0 Å². The maximum atomic E-state index is 5.61. The third kappa shape index (κ3) is 3.35. The van der Waals surface area contributed by atoms with E-state index < -0.39 is 0 Å². The Labute approximate surface area is 141 Å². The van der Waals surface area contributed by atoms with Gasteiger partial charge < -0.3 is 9.64 Å². The molecule has 23 heavy (non-hydrogen) atoms. The number of anilines is 1. The van der Waals surface area contributed by atoms with Crippen molar-refractivity contribution in [2.45, 2.75) is 23.6 Å². The van der Waals surface area contributed by atoms with E-state index in [9.17, 15) is 0 Å². The van der Waals surface area contributed by atoms with Gasteiger partial charge in [-0.3, -0.25) is 4.98 Å². The molecule has 0 aliphatic carbocycles. The van der Waals surface area contributed by atoms with Gasteiger partial charge in [-0.1, -0.05) is 30.3 Å². The van der Waals surface area contributed by atoms with Gasteiger partial charge in [-0.15, -0.1) is 11.8 Å². The molecule has 2 fully saturated rings. The van der Waals surface area contributed by atoms with Gasteiger partial charge in [0.15, 0.2) is 0 Å². The zero-order valence-corrected chi connectivity index (χ0v) is 14.0. The van der Waals surface area contributed by atoms with Crippen molar-refractivity contribution < 1.29 is 4.74 Å². The van der Waals surface area contributed by atoms with Crippen molar-refractivity contribution in [3.63, 3.8) is 0 Å². The highest BCUT2D eigenvalue weighted by molar-refractivity contribution is 7.98. The average Bonchev–Trinajstić information content (AvgIpc) is 3.25. The molecule has 2 aliphatic rings. The summed E-state index contributed by atoms with van der Waals surface area (Å²) in [7, 11) is 0. The second-order valence-electron chi connectivity index (χ2n) is 6.46. The van der Waals surface area contributed by atoms with Crippen LogP contribution in [0.2, 0.25) is 0 Å². The standard InChI is InChI=1S/C18H21N3OS/c1-2-4-15(5-3-1)12-23-17-11-19-10-16(20-17)21-8-6-18(13-21)7-9-22-14-18/h1-5,10-11H,6-9,12-14H2. The van der Waals surface area contributed by atoms with Crippen molar-refractivity contribution in [1.29, 1.82) is 0 Å². The number of hydrogen-bond acceptors (Lipinski definition) is 5. The SMILES string of the molecule is c1ccc(CSc2cncc(N3CCC4(CCOC4)C3)n2)cc1. The van der Waals surface area contributed by atoms with Crippen molar-refractivity contribution in [2.75, 3.05) is 31.2 Å². The number of nitrogens with zero attached hydrogens (tertiary/aromatic N) is 3. The molecule has 1 aromatic heterocycles. The number of hydrogen-bond donors (Lipinski definition) is 0. The van der Waals surface area contributed by atoms with Crippen LogP contribution in [-0.2, 0) is 10.5 Å². The molecule has 1 unspecified atom stereocenters. The smallest absolute Gasteiger partial charge is 0.148 e. The Morgan fingerprint density at radius 3 is 2.91 bits per heavy atom. The molecular weight excluding hydrogens is 306 g/mol. The van der Waals surface area contributed by atoms with E-state index in [0.29, 0.717) is 5.41 Å². The van der Waals surface area contributed by atoms with Crippen LogP contribution in [0.1, 0.15) is 18.4 Å². The van der Waals surface area contributed by atoms with E-state index in [1.54, 1.807) is 11.8 Å². The molecule has 1 spiro atoms. The summed E-state index contributed by atoms with van der Waals surface area (Å²) in [6, 6.07) is 10.5. The quantitative estimate of drug-likeness (QED) is 0.805. The first-order chi connectivity index (χ1) is 11.3. The summed E-state index contributed by atoms with van der Waals surface area (Å²) in [6.07, 6.45) is 6.14. The molecule has 0 radical (unpaired) electrons. The van der Waals surface area contributed by atoms with Crippen molar-refractivity contribution in [2.24, 2.45) is 5.41 Å². The Balaban J connectivity index is 1.42. The fraction of sp³-hybridized carbons (Fsp3) is 0.444. The second kappa shape index (κ2) is 6.49. The van der Waals surface area contributed by atoms with Crippen LogP contribution in [0.25, 0.3) is 0 Å². The van der Waals surface area contributed by atoms with E-state index in [2.05, 4.69) is 34.1 Å². The summed E-state index contributed by atoms with van der Waals surface area (Å²) in [5.74, 6) is 1.93. The molecular formula is C18H21N3OS. The Kier molecular flexibility index (Phi) is 4.23. The number of benzene rings is 1. The Morgan fingerprint density at radius 1 is 1.17 bits per heavy atom. The predicted octanol–water partition coefficient (Wildman–Crippen LogP) is 3.39. The van der Waals surface area contributed by atoms with E-state index in [0.717, 1.165) is 42.9 Å². The van der Waals surface area contributed by atoms with E-state index in [-0.39, 0.29) is 0 Å². The van der Waals surface area contributed by atoms with Gasteiger partial charge in [-0.2, -0.15) is 0 Å². The highest BCUT2D eigenvalue weighted by Gasteiger charge is 2.41. The molecule has 1 aromatic carbocycles. The largest absolute Gasteiger partial charge is 0.381 e. The second-order valence-corrected chi connectivity index (χ2v) is 7.46. The van der Waals surface area contributed by atoms with Gasteiger partial charge in [0.1, 0.15) is 10.8 Å². The molecule has 120 valence electrons. The van der Waals surface area contributed by atoms with Crippen LogP contribution in [0, 0.1) is 5.41 Å². The number of ether oxygens (including phenoxy) is 1. The molecule has 4 rings (SSSR count). The molecule has 0 amide bonds. The van der Waals surface area contributed by atoms with Crippen molar-refractivity contribution in [1.82, 2.24) is 9.97 Å². The Hall–Kier alpha value is -1.59. The molecule has 0 saturated carbocycles. The molecule has 2 saturated heterocycles. The van der Waals surface area contributed by atoms with Gasteiger partial charge in [-0.05, 0) is 18.4 Å². The number of aromatic nitrogens is 2. The first-order valence-electron chi connectivity index (χ1n) is 8.15.